The standard InChI is InChI=1S/C25H22N2OS/c1-17-7-6-10-22-18(2)15-23(27-24(17)22)29-16-19-11-13-20(14-12-19)25(28)26-21-8-4-3-5-9-21/h3-15H,16H2,1-2H3,(H,26,28). The molecule has 0 fully saturated rings. The Hall–Kier alpha value is -3.11. The highest BCUT2D eigenvalue weighted by molar-refractivity contribution is 7.98. The summed E-state index contributed by atoms with van der Waals surface area (Å²) in [5, 5.41) is 5.14. The molecule has 0 aliphatic heterocycles. The number of aromatic nitrogens is 1. The van der Waals surface area contributed by atoms with Crippen LogP contribution in [0.1, 0.15) is 27.0 Å². The average Bonchev–Trinajstić information content (AvgIpc) is 2.74. The smallest absolute Gasteiger partial charge is 0.255 e. The maximum Gasteiger partial charge on any atom is 0.255 e. The summed E-state index contributed by atoms with van der Waals surface area (Å²) in [6.45, 7) is 4.23. The van der Waals surface area contributed by atoms with Crippen molar-refractivity contribution in [2.75, 3.05) is 5.32 Å². The van der Waals surface area contributed by atoms with E-state index in [1.165, 1.54) is 16.5 Å². The van der Waals surface area contributed by atoms with Crippen LogP contribution in [-0.4, -0.2) is 10.9 Å². The lowest BCUT2D eigenvalue weighted by Crippen LogP contribution is -2.11. The van der Waals surface area contributed by atoms with Crippen molar-refractivity contribution in [3.05, 3.63) is 101 Å². The van der Waals surface area contributed by atoms with Crippen LogP contribution in [0.25, 0.3) is 10.9 Å². The number of benzene rings is 3. The van der Waals surface area contributed by atoms with Crippen molar-refractivity contribution >= 4 is 34.3 Å². The number of carbonyl (C=O) groups is 1. The van der Waals surface area contributed by atoms with Gasteiger partial charge < -0.3 is 5.32 Å². The largest absolute Gasteiger partial charge is 0.322 e. The Morgan fingerprint density at radius 2 is 1.66 bits per heavy atom. The van der Waals surface area contributed by atoms with Crippen LogP contribution >= 0.6 is 11.8 Å². The molecule has 0 aliphatic carbocycles. The lowest BCUT2D eigenvalue weighted by Gasteiger charge is -2.09. The van der Waals surface area contributed by atoms with Crippen LogP contribution in [-0.2, 0) is 5.75 Å². The van der Waals surface area contributed by atoms with Gasteiger partial charge in [-0.1, -0.05) is 48.5 Å². The van der Waals surface area contributed by atoms with E-state index in [1.807, 2.05) is 54.6 Å². The van der Waals surface area contributed by atoms with E-state index in [0.29, 0.717) is 5.56 Å². The second kappa shape index (κ2) is 8.50. The Labute approximate surface area is 175 Å². The third-order valence-corrected chi connectivity index (χ3v) is 5.84. The summed E-state index contributed by atoms with van der Waals surface area (Å²) >= 11 is 1.72. The van der Waals surface area contributed by atoms with E-state index in [9.17, 15) is 4.79 Å². The van der Waals surface area contributed by atoms with Gasteiger partial charge in [0.2, 0.25) is 0 Å². The second-order valence-corrected chi connectivity index (χ2v) is 8.05. The predicted molar refractivity (Wildman–Crippen MR) is 122 cm³/mol. The fraction of sp³-hybridized carbons (Fsp3) is 0.120. The fourth-order valence-electron chi connectivity index (χ4n) is 3.24. The van der Waals surface area contributed by atoms with Crippen LogP contribution in [0.5, 0.6) is 0 Å². The van der Waals surface area contributed by atoms with Crippen LogP contribution in [0.4, 0.5) is 5.69 Å². The third-order valence-electron chi connectivity index (χ3n) is 4.86. The predicted octanol–water partition coefficient (Wildman–Crippen LogP) is 6.40. The Bertz CT molecular complexity index is 1150. The van der Waals surface area contributed by atoms with Gasteiger partial charge in [0.1, 0.15) is 0 Å². The number of hydrogen-bond donors (Lipinski definition) is 1. The van der Waals surface area contributed by atoms with Crippen molar-refractivity contribution in [2.24, 2.45) is 0 Å². The zero-order chi connectivity index (χ0) is 20.2. The van der Waals surface area contributed by atoms with Gasteiger partial charge in [-0.2, -0.15) is 0 Å². The monoisotopic (exact) mass is 398 g/mol. The Balaban J connectivity index is 1.44. The highest BCUT2D eigenvalue weighted by Gasteiger charge is 2.08. The quantitative estimate of drug-likeness (QED) is 0.396. The fourth-order valence-corrected chi connectivity index (χ4v) is 4.16. The maximum absolute atomic E-state index is 12.4. The zero-order valence-corrected chi connectivity index (χ0v) is 17.3. The Kier molecular flexibility index (Phi) is 5.63. The topological polar surface area (TPSA) is 42.0 Å². The maximum atomic E-state index is 12.4. The van der Waals surface area contributed by atoms with Crippen molar-refractivity contribution < 1.29 is 4.79 Å². The van der Waals surface area contributed by atoms with Crippen LogP contribution in [0.3, 0.4) is 0 Å². The molecule has 3 nitrogen and oxygen atoms in total. The van der Waals surface area contributed by atoms with E-state index in [0.717, 1.165) is 27.5 Å². The van der Waals surface area contributed by atoms with E-state index in [4.69, 9.17) is 4.98 Å². The molecule has 0 spiro atoms. The number of thioether (sulfide) groups is 1. The summed E-state index contributed by atoms with van der Waals surface area (Å²) in [6.07, 6.45) is 0. The summed E-state index contributed by atoms with van der Waals surface area (Å²) < 4.78 is 0. The lowest BCUT2D eigenvalue weighted by molar-refractivity contribution is 0.102. The van der Waals surface area contributed by atoms with Crippen molar-refractivity contribution in [1.82, 2.24) is 4.98 Å². The van der Waals surface area contributed by atoms with E-state index >= 15 is 0 Å². The summed E-state index contributed by atoms with van der Waals surface area (Å²) in [6, 6.07) is 25.7. The number of nitrogens with zero attached hydrogens (tertiary/aromatic N) is 1. The number of hydrogen-bond acceptors (Lipinski definition) is 3. The number of anilines is 1. The number of carbonyl (C=O) groups excluding carboxylic acids is 1. The van der Waals surface area contributed by atoms with Gasteiger partial charge in [0.15, 0.2) is 0 Å². The minimum Gasteiger partial charge on any atom is -0.322 e. The molecule has 29 heavy (non-hydrogen) atoms. The van der Waals surface area contributed by atoms with E-state index < -0.39 is 0 Å². The van der Waals surface area contributed by atoms with Crippen LogP contribution in [0, 0.1) is 13.8 Å². The van der Waals surface area contributed by atoms with Crippen molar-refractivity contribution in [1.29, 1.82) is 0 Å². The van der Waals surface area contributed by atoms with Crippen molar-refractivity contribution in [3.8, 4) is 0 Å². The zero-order valence-electron chi connectivity index (χ0n) is 16.5. The Morgan fingerprint density at radius 3 is 2.41 bits per heavy atom. The molecule has 144 valence electrons. The van der Waals surface area contributed by atoms with Gasteiger partial charge in [-0.3, -0.25) is 4.79 Å². The number of rotatable bonds is 5. The summed E-state index contributed by atoms with van der Waals surface area (Å²) in [7, 11) is 0. The van der Waals surface area contributed by atoms with Crippen molar-refractivity contribution in [3.63, 3.8) is 0 Å². The molecule has 0 bridgehead atoms. The second-order valence-electron chi connectivity index (χ2n) is 7.05. The summed E-state index contributed by atoms with van der Waals surface area (Å²) in [4.78, 5) is 17.2. The third kappa shape index (κ3) is 4.49. The van der Waals surface area contributed by atoms with Gasteiger partial charge in [0.05, 0.1) is 10.5 Å². The number of fused-ring (bicyclic) bond motifs is 1. The Morgan fingerprint density at radius 1 is 0.897 bits per heavy atom. The summed E-state index contributed by atoms with van der Waals surface area (Å²) in [5.74, 6) is 0.711. The SMILES string of the molecule is Cc1cc(SCc2ccc(C(=O)Nc3ccccc3)cc2)nc2c(C)cccc12. The first-order chi connectivity index (χ1) is 14.1. The number of nitrogens with one attached hydrogen (secondary N) is 1. The molecule has 0 atom stereocenters. The van der Waals surface area contributed by atoms with Gasteiger partial charge in [-0.05, 0) is 60.9 Å². The van der Waals surface area contributed by atoms with E-state index in [-0.39, 0.29) is 5.91 Å². The van der Waals surface area contributed by atoms with E-state index in [2.05, 4.69) is 43.4 Å². The molecule has 0 aliphatic rings. The molecular weight excluding hydrogens is 376 g/mol. The van der Waals surface area contributed by atoms with Gasteiger partial charge in [-0.15, -0.1) is 11.8 Å². The molecule has 0 unspecified atom stereocenters. The number of aryl methyl sites for hydroxylation is 2. The number of pyridine rings is 1. The summed E-state index contributed by atoms with van der Waals surface area (Å²) in [5.41, 5.74) is 6.12. The van der Waals surface area contributed by atoms with Gasteiger partial charge in [0.25, 0.3) is 5.91 Å². The molecule has 0 saturated carbocycles. The first-order valence-corrected chi connectivity index (χ1v) is 10.5. The van der Waals surface area contributed by atoms with Crippen LogP contribution in [0.15, 0.2) is 83.9 Å². The molecule has 1 amide bonds. The van der Waals surface area contributed by atoms with Gasteiger partial charge in [-0.25, -0.2) is 4.98 Å². The van der Waals surface area contributed by atoms with E-state index in [1.54, 1.807) is 11.8 Å². The first-order valence-electron chi connectivity index (χ1n) is 9.55. The lowest BCUT2D eigenvalue weighted by atomic mass is 10.1. The normalized spacial score (nSPS) is 10.8. The molecule has 1 aromatic heterocycles. The average molecular weight is 399 g/mol. The molecular formula is C25H22N2OS. The van der Waals surface area contributed by atoms with Gasteiger partial charge in [0, 0.05) is 22.4 Å². The number of amides is 1. The van der Waals surface area contributed by atoms with Crippen LogP contribution < -0.4 is 5.32 Å². The molecule has 4 heteroatoms. The first kappa shape index (κ1) is 19.2. The highest BCUT2D eigenvalue weighted by atomic mass is 32.2. The molecule has 0 saturated heterocycles. The van der Waals surface area contributed by atoms with Crippen molar-refractivity contribution in [2.45, 2.75) is 24.6 Å². The van der Waals surface area contributed by atoms with Gasteiger partial charge >= 0.3 is 0 Å². The molecule has 1 N–H and O–H groups in total. The molecule has 0 radical (unpaired) electrons. The molecule has 3 aromatic carbocycles. The van der Waals surface area contributed by atoms with Crippen LogP contribution in [0.2, 0.25) is 0 Å². The molecule has 1 heterocycles. The minimum absolute atomic E-state index is 0.0994. The molecule has 4 aromatic rings. The number of para-hydroxylation sites is 2. The highest BCUT2D eigenvalue weighted by Crippen LogP contribution is 2.27. The minimum atomic E-state index is -0.0994. The molecule has 4 rings (SSSR count).